The van der Waals surface area contributed by atoms with Crippen LogP contribution in [0, 0.1) is 0 Å². The molecule has 1 rings (SSSR count). The fraction of sp³-hybridized carbons (Fsp3) is 0.562. The monoisotopic (exact) mass is 279 g/mol. The summed E-state index contributed by atoms with van der Waals surface area (Å²) in [7, 11) is 0. The highest BCUT2D eigenvalue weighted by atomic mass is 16.5. The molecule has 0 radical (unpaired) electrons. The van der Waals surface area contributed by atoms with E-state index in [0.717, 1.165) is 12.0 Å². The van der Waals surface area contributed by atoms with Crippen molar-refractivity contribution in [1.29, 1.82) is 0 Å². The molecule has 1 aromatic carbocycles. The van der Waals surface area contributed by atoms with Crippen molar-refractivity contribution in [3.63, 3.8) is 0 Å². The Balaban J connectivity index is 2.18. The van der Waals surface area contributed by atoms with E-state index in [1.54, 1.807) is 0 Å². The van der Waals surface area contributed by atoms with Gasteiger partial charge in [-0.05, 0) is 39.7 Å². The van der Waals surface area contributed by atoms with Crippen molar-refractivity contribution < 1.29 is 14.3 Å². The molecule has 0 aliphatic heterocycles. The first-order chi connectivity index (χ1) is 9.37. The van der Waals surface area contributed by atoms with Gasteiger partial charge < -0.3 is 14.8 Å². The zero-order valence-electron chi connectivity index (χ0n) is 12.8. The largest absolute Gasteiger partial charge is 0.445 e. The second-order valence-electron chi connectivity index (χ2n) is 5.86. The third-order valence-electron chi connectivity index (χ3n) is 2.66. The summed E-state index contributed by atoms with van der Waals surface area (Å²) in [6, 6.07) is 9.65. The molecule has 0 saturated carbocycles. The molecule has 1 atom stereocenters. The van der Waals surface area contributed by atoms with Gasteiger partial charge in [0.05, 0.1) is 5.60 Å². The van der Waals surface area contributed by atoms with Gasteiger partial charge in [-0.1, -0.05) is 30.3 Å². The van der Waals surface area contributed by atoms with Crippen molar-refractivity contribution in [1.82, 2.24) is 5.32 Å². The molecule has 0 spiro atoms. The molecule has 0 bridgehead atoms. The van der Waals surface area contributed by atoms with Crippen molar-refractivity contribution >= 4 is 6.09 Å². The summed E-state index contributed by atoms with van der Waals surface area (Å²) in [5, 5.41) is 2.80. The number of amides is 1. The highest BCUT2D eigenvalue weighted by molar-refractivity contribution is 5.67. The van der Waals surface area contributed by atoms with Crippen LogP contribution in [0.25, 0.3) is 0 Å². The van der Waals surface area contributed by atoms with Crippen LogP contribution in [-0.4, -0.2) is 24.3 Å². The Bertz CT molecular complexity index is 398. The molecule has 4 nitrogen and oxygen atoms in total. The van der Waals surface area contributed by atoms with Gasteiger partial charge in [-0.3, -0.25) is 0 Å². The number of nitrogens with one attached hydrogen (secondary N) is 1. The van der Waals surface area contributed by atoms with E-state index < -0.39 is 6.09 Å². The maximum Gasteiger partial charge on any atom is 0.407 e. The second kappa shape index (κ2) is 7.90. The van der Waals surface area contributed by atoms with Crippen molar-refractivity contribution in [3.8, 4) is 0 Å². The van der Waals surface area contributed by atoms with Gasteiger partial charge in [-0.2, -0.15) is 0 Å². The Labute approximate surface area is 121 Å². The van der Waals surface area contributed by atoms with Gasteiger partial charge in [0.15, 0.2) is 0 Å². The van der Waals surface area contributed by atoms with Crippen molar-refractivity contribution in [3.05, 3.63) is 35.9 Å². The lowest BCUT2D eigenvalue weighted by molar-refractivity contribution is -0.00654. The molecule has 0 unspecified atom stereocenters. The number of ether oxygens (including phenoxy) is 2. The maximum atomic E-state index is 11.6. The number of carbonyl (C=O) groups is 1. The summed E-state index contributed by atoms with van der Waals surface area (Å²) in [6.07, 6.45) is 0.370. The van der Waals surface area contributed by atoms with Gasteiger partial charge in [0.25, 0.3) is 0 Å². The third-order valence-corrected chi connectivity index (χ3v) is 2.66. The Hall–Kier alpha value is -1.55. The molecule has 1 aromatic rings. The minimum atomic E-state index is -0.392. The Morgan fingerprint density at radius 2 is 1.90 bits per heavy atom. The molecule has 4 heteroatoms. The van der Waals surface area contributed by atoms with Gasteiger partial charge in [0.1, 0.15) is 6.61 Å². The van der Waals surface area contributed by atoms with Crippen molar-refractivity contribution in [2.45, 2.75) is 52.4 Å². The second-order valence-corrected chi connectivity index (χ2v) is 5.86. The molecule has 0 fully saturated rings. The Morgan fingerprint density at radius 1 is 1.25 bits per heavy atom. The SMILES string of the molecule is C[C@@H](CCOC(C)(C)C)NC(=O)OCc1ccccc1. The number of benzene rings is 1. The molecule has 0 aromatic heterocycles. The number of hydrogen-bond donors (Lipinski definition) is 1. The van der Waals surface area contributed by atoms with E-state index in [9.17, 15) is 4.79 Å². The number of alkyl carbamates (subject to hydrolysis) is 1. The maximum absolute atomic E-state index is 11.6. The molecule has 0 aliphatic rings. The smallest absolute Gasteiger partial charge is 0.407 e. The van der Waals surface area contributed by atoms with E-state index in [2.05, 4.69) is 5.32 Å². The number of hydrogen-bond acceptors (Lipinski definition) is 3. The van der Waals surface area contributed by atoms with Crippen LogP contribution >= 0.6 is 0 Å². The summed E-state index contributed by atoms with van der Waals surface area (Å²) in [6.45, 7) is 8.88. The first-order valence-corrected chi connectivity index (χ1v) is 6.98. The molecule has 112 valence electrons. The molecule has 0 heterocycles. The van der Waals surface area contributed by atoms with E-state index in [4.69, 9.17) is 9.47 Å². The first-order valence-electron chi connectivity index (χ1n) is 6.98. The van der Waals surface area contributed by atoms with Crippen molar-refractivity contribution in [2.75, 3.05) is 6.61 Å². The standard InChI is InChI=1S/C16H25NO3/c1-13(10-11-20-16(2,3)4)17-15(18)19-12-14-8-6-5-7-9-14/h5-9,13H,10-12H2,1-4H3,(H,17,18)/t13-/m0/s1. The average molecular weight is 279 g/mol. The minimum absolute atomic E-state index is 0.0284. The lowest BCUT2D eigenvalue weighted by Crippen LogP contribution is -2.34. The Kier molecular flexibility index (Phi) is 6.52. The average Bonchev–Trinajstić information content (AvgIpc) is 2.36. The summed E-state index contributed by atoms with van der Waals surface area (Å²) in [4.78, 5) is 11.6. The zero-order chi connectivity index (χ0) is 15.0. The van der Waals surface area contributed by atoms with E-state index in [1.165, 1.54) is 0 Å². The fourth-order valence-corrected chi connectivity index (χ4v) is 1.58. The third kappa shape index (κ3) is 7.79. The van der Waals surface area contributed by atoms with E-state index in [0.29, 0.717) is 6.61 Å². The highest BCUT2D eigenvalue weighted by Gasteiger charge is 2.12. The molecule has 0 aliphatic carbocycles. The summed E-state index contributed by atoms with van der Waals surface area (Å²) < 4.78 is 10.8. The molecule has 1 N–H and O–H groups in total. The quantitative estimate of drug-likeness (QED) is 0.867. The van der Waals surface area contributed by atoms with Crippen molar-refractivity contribution in [2.24, 2.45) is 0 Å². The van der Waals surface area contributed by atoms with Gasteiger partial charge >= 0.3 is 6.09 Å². The number of rotatable bonds is 6. The van der Waals surface area contributed by atoms with Gasteiger partial charge in [-0.15, -0.1) is 0 Å². The van der Waals surface area contributed by atoms with Gasteiger partial charge in [-0.25, -0.2) is 4.79 Å². The van der Waals surface area contributed by atoms with Crippen LogP contribution in [0.2, 0.25) is 0 Å². The van der Waals surface area contributed by atoms with Gasteiger partial charge in [0, 0.05) is 12.6 Å². The normalized spacial score (nSPS) is 12.8. The van der Waals surface area contributed by atoms with Crippen LogP contribution in [0.3, 0.4) is 0 Å². The summed E-state index contributed by atoms with van der Waals surface area (Å²) in [5.74, 6) is 0. The molecular formula is C16H25NO3. The minimum Gasteiger partial charge on any atom is -0.445 e. The molecule has 0 saturated heterocycles. The molecule has 20 heavy (non-hydrogen) atoms. The fourth-order valence-electron chi connectivity index (χ4n) is 1.58. The first kappa shape index (κ1) is 16.5. The lowest BCUT2D eigenvalue weighted by atomic mass is 10.2. The predicted octanol–water partition coefficient (Wildman–Crippen LogP) is 3.51. The lowest BCUT2D eigenvalue weighted by Gasteiger charge is -2.21. The van der Waals surface area contributed by atoms with Crippen LogP contribution in [-0.2, 0) is 16.1 Å². The van der Waals surface area contributed by atoms with Crippen LogP contribution in [0.5, 0.6) is 0 Å². The summed E-state index contributed by atoms with van der Waals surface area (Å²) >= 11 is 0. The zero-order valence-corrected chi connectivity index (χ0v) is 12.8. The van der Waals surface area contributed by atoms with E-state index in [1.807, 2.05) is 58.0 Å². The topological polar surface area (TPSA) is 47.6 Å². The summed E-state index contributed by atoms with van der Waals surface area (Å²) in [5.41, 5.74) is 0.833. The molecular weight excluding hydrogens is 254 g/mol. The predicted molar refractivity (Wildman–Crippen MR) is 79.5 cm³/mol. The van der Waals surface area contributed by atoms with E-state index in [-0.39, 0.29) is 18.2 Å². The van der Waals surface area contributed by atoms with Crippen LogP contribution < -0.4 is 5.32 Å². The van der Waals surface area contributed by atoms with Crippen LogP contribution in [0.4, 0.5) is 4.79 Å². The van der Waals surface area contributed by atoms with Gasteiger partial charge in [0.2, 0.25) is 0 Å². The van der Waals surface area contributed by atoms with E-state index >= 15 is 0 Å². The van der Waals surface area contributed by atoms with Crippen LogP contribution in [0.1, 0.15) is 39.7 Å². The Morgan fingerprint density at radius 3 is 2.50 bits per heavy atom. The highest BCUT2D eigenvalue weighted by Crippen LogP contribution is 2.08. The number of carbonyl (C=O) groups excluding carboxylic acids is 1. The van der Waals surface area contributed by atoms with Crippen LogP contribution in [0.15, 0.2) is 30.3 Å². The molecule has 1 amide bonds.